The normalized spacial score (nSPS) is 20.7. The second-order valence-corrected chi connectivity index (χ2v) is 5.41. The van der Waals surface area contributed by atoms with Crippen LogP contribution in [-0.2, 0) is 11.3 Å². The van der Waals surface area contributed by atoms with Crippen LogP contribution >= 0.6 is 0 Å². The predicted octanol–water partition coefficient (Wildman–Crippen LogP) is 2.52. The largest absolute Gasteiger partial charge is 0.473 e. The molecule has 0 radical (unpaired) electrons. The molecule has 0 amide bonds. The molecule has 2 aliphatic heterocycles. The summed E-state index contributed by atoms with van der Waals surface area (Å²) in [6.45, 7) is 3.25. The van der Waals surface area contributed by atoms with E-state index in [1.165, 1.54) is 0 Å². The van der Waals surface area contributed by atoms with Crippen LogP contribution < -0.4 is 5.32 Å². The smallest absolute Gasteiger partial charge is 0.214 e. The summed E-state index contributed by atoms with van der Waals surface area (Å²) in [5.74, 6) is -1.90. The molecule has 3 rings (SSSR count). The van der Waals surface area contributed by atoms with Crippen LogP contribution in [0.2, 0.25) is 0 Å². The Bertz CT molecular complexity index is 645. The fourth-order valence-corrected chi connectivity index (χ4v) is 2.40. The van der Waals surface area contributed by atoms with Crippen LogP contribution in [0.25, 0.3) is 0 Å². The van der Waals surface area contributed by atoms with E-state index in [4.69, 9.17) is 4.74 Å². The number of nitrogens with zero attached hydrogens (tertiary/aromatic N) is 2. The maximum Gasteiger partial charge on any atom is 0.214 e. The van der Waals surface area contributed by atoms with Crippen molar-refractivity contribution in [1.29, 1.82) is 0 Å². The van der Waals surface area contributed by atoms with Crippen molar-refractivity contribution in [2.45, 2.75) is 26.0 Å². The molecule has 0 saturated carbocycles. The average Bonchev–Trinajstić information content (AvgIpc) is 2.49. The van der Waals surface area contributed by atoms with Gasteiger partial charge in [0.1, 0.15) is 24.9 Å². The summed E-state index contributed by atoms with van der Waals surface area (Å²) in [4.78, 5) is 6.31. The second-order valence-electron chi connectivity index (χ2n) is 5.41. The van der Waals surface area contributed by atoms with Crippen LogP contribution in [0, 0.1) is 17.5 Å². The first-order valence-electron chi connectivity index (χ1n) is 7.07. The van der Waals surface area contributed by atoms with E-state index in [0.717, 1.165) is 24.9 Å². The van der Waals surface area contributed by atoms with Gasteiger partial charge in [0, 0.05) is 30.3 Å². The van der Waals surface area contributed by atoms with Gasteiger partial charge in [-0.05, 0) is 19.4 Å². The monoisotopic (exact) mass is 311 g/mol. The molecule has 22 heavy (non-hydrogen) atoms. The van der Waals surface area contributed by atoms with Crippen molar-refractivity contribution in [2.75, 3.05) is 13.2 Å². The van der Waals surface area contributed by atoms with E-state index >= 15 is 0 Å². The third-order valence-electron chi connectivity index (χ3n) is 3.69. The Morgan fingerprint density at radius 3 is 2.86 bits per heavy atom. The van der Waals surface area contributed by atoms with Gasteiger partial charge in [0.25, 0.3) is 0 Å². The topological polar surface area (TPSA) is 36.9 Å². The molecular formula is C15H16F3N3O. The van der Waals surface area contributed by atoms with Crippen LogP contribution in [0.3, 0.4) is 0 Å². The first-order chi connectivity index (χ1) is 10.5. The minimum atomic E-state index is -1.21. The molecular weight excluding hydrogens is 295 g/mol. The molecule has 2 aliphatic rings. The number of benzene rings is 1. The Hall–Kier alpha value is -2.18. The number of hydrogen-bond acceptors (Lipinski definition) is 4. The molecule has 0 spiro atoms. The van der Waals surface area contributed by atoms with Gasteiger partial charge in [-0.15, -0.1) is 0 Å². The van der Waals surface area contributed by atoms with E-state index in [-0.39, 0.29) is 12.2 Å². The molecule has 1 aromatic carbocycles. The zero-order valence-electron chi connectivity index (χ0n) is 12.1. The molecule has 1 saturated heterocycles. The van der Waals surface area contributed by atoms with Crippen molar-refractivity contribution < 1.29 is 17.9 Å². The maximum atomic E-state index is 13.5. The van der Waals surface area contributed by atoms with Gasteiger partial charge in [0.2, 0.25) is 5.90 Å². The Kier molecular flexibility index (Phi) is 3.96. The van der Waals surface area contributed by atoms with Gasteiger partial charge in [-0.2, -0.15) is 0 Å². The third kappa shape index (κ3) is 3.03. The van der Waals surface area contributed by atoms with Crippen molar-refractivity contribution >= 4 is 5.90 Å². The number of rotatable bonds is 2. The molecule has 0 aliphatic carbocycles. The highest BCUT2D eigenvalue weighted by Crippen LogP contribution is 2.18. The first kappa shape index (κ1) is 14.7. The molecule has 1 fully saturated rings. The van der Waals surface area contributed by atoms with Crippen LogP contribution in [0.15, 0.2) is 29.0 Å². The highest BCUT2D eigenvalue weighted by Gasteiger charge is 2.22. The van der Waals surface area contributed by atoms with Crippen LogP contribution in [0.5, 0.6) is 0 Å². The van der Waals surface area contributed by atoms with E-state index in [0.29, 0.717) is 24.7 Å². The third-order valence-corrected chi connectivity index (χ3v) is 3.69. The van der Waals surface area contributed by atoms with Crippen molar-refractivity contribution in [2.24, 2.45) is 4.99 Å². The molecule has 118 valence electrons. The molecule has 0 aromatic heterocycles. The maximum absolute atomic E-state index is 13.5. The van der Waals surface area contributed by atoms with Crippen LogP contribution in [0.1, 0.15) is 18.9 Å². The summed E-state index contributed by atoms with van der Waals surface area (Å²) in [6.07, 6.45) is 2.76. The Morgan fingerprint density at radius 2 is 2.05 bits per heavy atom. The first-order valence-corrected chi connectivity index (χ1v) is 7.07. The Morgan fingerprint density at radius 1 is 1.27 bits per heavy atom. The summed E-state index contributed by atoms with van der Waals surface area (Å²) in [5, 5.41) is 3.32. The van der Waals surface area contributed by atoms with Crippen molar-refractivity contribution in [3.05, 3.63) is 47.0 Å². The molecule has 7 heteroatoms. The quantitative estimate of drug-likeness (QED) is 0.853. The van der Waals surface area contributed by atoms with Gasteiger partial charge in [0.05, 0.1) is 0 Å². The number of nitrogens with one attached hydrogen (secondary N) is 1. The zero-order valence-corrected chi connectivity index (χ0v) is 12.1. The van der Waals surface area contributed by atoms with Gasteiger partial charge in [-0.25, -0.2) is 18.2 Å². The molecule has 1 aromatic rings. The van der Waals surface area contributed by atoms with E-state index < -0.39 is 17.5 Å². The summed E-state index contributed by atoms with van der Waals surface area (Å²) in [5.41, 5.74) is -0.0487. The Labute approximate surface area is 126 Å². The average molecular weight is 311 g/mol. The molecule has 1 N–H and O–H groups in total. The predicted molar refractivity (Wildman–Crippen MR) is 75.4 cm³/mol. The summed E-state index contributed by atoms with van der Waals surface area (Å²) >= 11 is 0. The molecule has 1 atom stereocenters. The van der Waals surface area contributed by atoms with Crippen molar-refractivity contribution in [1.82, 2.24) is 10.2 Å². The fraction of sp³-hybridized carbons (Fsp3) is 0.400. The van der Waals surface area contributed by atoms with Gasteiger partial charge >= 0.3 is 0 Å². The Balaban J connectivity index is 1.67. The van der Waals surface area contributed by atoms with Gasteiger partial charge in [-0.1, -0.05) is 0 Å². The number of fused-ring (bicyclic) bond motifs is 1. The molecule has 0 unspecified atom stereocenters. The second kappa shape index (κ2) is 5.90. The molecule has 4 nitrogen and oxygen atoms in total. The fourth-order valence-electron chi connectivity index (χ4n) is 2.40. The lowest BCUT2D eigenvalue weighted by atomic mass is 10.1. The minimum Gasteiger partial charge on any atom is -0.473 e. The standard InChI is InChI=1S/C15H16F3N3O/c1-9-2-3-21-8-19-15(6-14(21)20-9)22-7-10-4-12(17)13(18)5-11(10)16/h4-6,9,20H,2-3,7-8H2,1H3/t9-/m0/s1. The number of aliphatic imine (C=N–C) groups is 1. The zero-order chi connectivity index (χ0) is 15.7. The highest BCUT2D eigenvalue weighted by molar-refractivity contribution is 5.88. The summed E-state index contributed by atoms with van der Waals surface area (Å²) < 4.78 is 45.0. The lowest BCUT2D eigenvalue weighted by Crippen LogP contribution is -2.46. The van der Waals surface area contributed by atoms with E-state index in [2.05, 4.69) is 22.1 Å². The number of halogens is 3. The van der Waals surface area contributed by atoms with Gasteiger partial charge in [-0.3, -0.25) is 0 Å². The SMILES string of the molecule is C[C@H]1CCN2CN=C(OCc3cc(F)c(F)cc3F)C=C2N1. The lowest BCUT2D eigenvalue weighted by Gasteiger charge is -2.36. The van der Waals surface area contributed by atoms with Crippen molar-refractivity contribution in [3.8, 4) is 0 Å². The van der Waals surface area contributed by atoms with Gasteiger partial charge in [0.15, 0.2) is 11.6 Å². The van der Waals surface area contributed by atoms with Crippen LogP contribution in [0.4, 0.5) is 13.2 Å². The number of ether oxygens (including phenoxy) is 1. The lowest BCUT2D eigenvalue weighted by molar-refractivity contribution is 0.236. The van der Waals surface area contributed by atoms with E-state index in [1.54, 1.807) is 6.08 Å². The molecule has 0 bridgehead atoms. The summed E-state index contributed by atoms with van der Waals surface area (Å²) in [6, 6.07) is 1.68. The highest BCUT2D eigenvalue weighted by atomic mass is 19.2. The van der Waals surface area contributed by atoms with Crippen LogP contribution in [-0.4, -0.2) is 30.1 Å². The van der Waals surface area contributed by atoms with E-state index in [1.807, 2.05) is 0 Å². The van der Waals surface area contributed by atoms with Crippen molar-refractivity contribution in [3.63, 3.8) is 0 Å². The molecule has 2 heterocycles. The van der Waals surface area contributed by atoms with Gasteiger partial charge < -0.3 is 15.0 Å². The summed E-state index contributed by atoms with van der Waals surface area (Å²) in [7, 11) is 0. The minimum absolute atomic E-state index is 0.0487. The number of hydrogen-bond donors (Lipinski definition) is 1. The van der Waals surface area contributed by atoms with E-state index in [9.17, 15) is 13.2 Å².